The molecule has 7 nitrogen and oxygen atoms in total. The lowest BCUT2D eigenvalue weighted by Crippen LogP contribution is -2.40. The van der Waals surface area contributed by atoms with Gasteiger partial charge in [-0.3, -0.25) is 9.59 Å². The first-order chi connectivity index (χ1) is 11.8. The summed E-state index contributed by atoms with van der Waals surface area (Å²) < 4.78 is 5.38. The Morgan fingerprint density at radius 3 is 2.64 bits per heavy atom. The molecule has 2 aromatic rings. The van der Waals surface area contributed by atoms with Gasteiger partial charge < -0.3 is 14.7 Å². The lowest BCUT2D eigenvalue weighted by molar-refractivity contribution is -0.120. The highest BCUT2D eigenvalue weighted by Crippen LogP contribution is 2.32. The zero-order valence-electron chi connectivity index (χ0n) is 14.9. The summed E-state index contributed by atoms with van der Waals surface area (Å²) in [6, 6.07) is 7.84. The van der Waals surface area contributed by atoms with Gasteiger partial charge in [-0.05, 0) is 32.9 Å². The summed E-state index contributed by atoms with van der Waals surface area (Å²) in [5, 5.41) is 6.78. The van der Waals surface area contributed by atoms with E-state index in [1.54, 1.807) is 18.7 Å². The van der Waals surface area contributed by atoms with Gasteiger partial charge in [0.05, 0.1) is 11.5 Å². The maximum atomic E-state index is 12.4. The van der Waals surface area contributed by atoms with Gasteiger partial charge in [-0.15, -0.1) is 0 Å². The summed E-state index contributed by atoms with van der Waals surface area (Å²) in [4.78, 5) is 29.9. The van der Waals surface area contributed by atoms with Crippen molar-refractivity contribution in [2.75, 3.05) is 11.4 Å². The lowest BCUT2D eigenvalue weighted by atomic mass is 10.0. The van der Waals surface area contributed by atoms with Crippen molar-refractivity contribution < 1.29 is 14.1 Å². The number of amides is 2. The highest BCUT2D eigenvalue weighted by atomic mass is 16.5. The molecular formula is C18H22N4O3. The molecule has 2 heterocycles. The largest absolute Gasteiger partial charge is 0.344 e. The number of carbonyl (C=O) groups excluding carboxylic acids is 2. The lowest BCUT2D eigenvalue weighted by Gasteiger charge is -2.21. The van der Waals surface area contributed by atoms with Gasteiger partial charge in [0.15, 0.2) is 5.82 Å². The van der Waals surface area contributed by atoms with E-state index >= 15 is 0 Å². The molecule has 0 bridgehead atoms. The second-order valence-corrected chi connectivity index (χ2v) is 7.00. The predicted molar refractivity (Wildman–Crippen MR) is 92.0 cm³/mol. The minimum Gasteiger partial charge on any atom is -0.344 e. The Bertz CT molecular complexity index is 795. The van der Waals surface area contributed by atoms with Crippen molar-refractivity contribution in [2.45, 2.75) is 45.6 Å². The van der Waals surface area contributed by atoms with Crippen LogP contribution in [0.25, 0.3) is 0 Å². The molecule has 7 heteroatoms. The molecule has 1 atom stereocenters. The average Bonchev–Trinajstić information content (AvgIpc) is 3.14. The van der Waals surface area contributed by atoms with E-state index in [1.165, 1.54) is 6.92 Å². The van der Waals surface area contributed by atoms with Crippen molar-refractivity contribution in [3.8, 4) is 0 Å². The number of aryl methyl sites for hydroxylation is 1. The number of nitrogens with one attached hydrogen (secondary N) is 1. The highest BCUT2D eigenvalue weighted by Gasteiger charge is 2.36. The molecule has 1 saturated heterocycles. The summed E-state index contributed by atoms with van der Waals surface area (Å²) in [5.41, 5.74) is 1.29. The Morgan fingerprint density at radius 2 is 2.00 bits per heavy atom. The first kappa shape index (κ1) is 17.1. The Balaban J connectivity index is 1.77. The molecule has 132 valence electrons. The predicted octanol–water partition coefficient (Wildman–Crippen LogP) is 2.27. The topological polar surface area (TPSA) is 88.3 Å². The van der Waals surface area contributed by atoms with E-state index in [0.717, 1.165) is 11.3 Å². The summed E-state index contributed by atoms with van der Waals surface area (Å²) in [6.07, 6.45) is 0.329. The smallest absolute Gasteiger partial charge is 0.232 e. The molecule has 1 aliphatic heterocycles. The third kappa shape index (κ3) is 3.55. The zero-order valence-corrected chi connectivity index (χ0v) is 14.9. The SMILES string of the molecule is CC(=O)NC(C)(C)c1noc([C@H]2CC(=O)N(c3ccc(C)cc3)C2)n1. The minimum absolute atomic E-state index is 0.0368. The van der Waals surface area contributed by atoms with Crippen LogP contribution in [-0.2, 0) is 15.1 Å². The normalized spacial score (nSPS) is 17.8. The van der Waals surface area contributed by atoms with Crippen LogP contribution in [0.5, 0.6) is 0 Å². The maximum absolute atomic E-state index is 12.4. The van der Waals surface area contributed by atoms with Crippen LogP contribution in [0, 0.1) is 6.92 Å². The molecule has 1 aromatic carbocycles. The molecule has 0 spiro atoms. The molecule has 3 rings (SSSR count). The number of benzene rings is 1. The van der Waals surface area contributed by atoms with Crippen LogP contribution in [-0.4, -0.2) is 28.5 Å². The molecular weight excluding hydrogens is 320 g/mol. The van der Waals surface area contributed by atoms with Gasteiger partial charge in [0.1, 0.15) is 0 Å². The molecule has 1 aromatic heterocycles. The minimum atomic E-state index is -0.729. The van der Waals surface area contributed by atoms with Gasteiger partial charge in [0.2, 0.25) is 17.7 Å². The van der Waals surface area contributed by atoms with Crippen molar-refractivity contribution in [1.29, 1.82) is 0 Å². The Morgan fingerprint density at radius 1 is 1.32 bits per heavy atom. The van der Waals surface area contributed by atoms with E-state index in [-0.39, 0.29) is 17.7 Å². The summed E-state index contributed by atoms with van der Waals surface area (Å²) >= 11 is 0. The average molecular weight is 342 g/mol. The molecule has 0 aliphatic carbocycles. The summed E-state index contributed by atoms with van der Waals surface area (Å²) in [7, 11) is 0. The number of anilines is 1. The molecule has 0 unspecified atom stereocenters. The van der Waals surface area contributed by atoms with Gasteiger partial charge in [-0.2, -0.15) is 4.98 Å². The quantitative estimate of drug-likeness (QED) is 0.921. The number of nitrogens with zero attached hydrogens (tertiary/aromatic N) is 3. The van der Waals surface area contributed by atoms with Gasteiger partial charge in [-0.25, -0.2) is 0 Å². The van der Waals surface area contributed by atoms with Gasteiger partial charge in [-0.1, -0.05) is 22.9 Å². The molecule has 0 radical (unpaired) electrons. The zero-order chi connectivity index (χ0) is 18.2. The van der Waals surface area contributed by atoms with Crippen LogP contribution in [0.4, 0.5) is 5.69 Å². The van der Waals surface area contributed by atoms with Gasteiger partial charge >= 0.3 is 0 Å². The molecule has 1 N–H and O–H groups in total. The van der Waals surface area contributed by atoms with Crippen molar-refractivity contribution in [3.05, 3.63) is 41.5 Å². The van der Waals surface area contributed by atoms with Gasteiger partial charge in [0, 0.05) is 25.6 Å². The van der Waals surface area contributed by atoms with E-state index < -0.39 is 5.54 Å². The molecule has 25 heavy (non-hydrogen) atoms. The number of aromatic nitrogens is 2. The molecule has 0 saturated carbocycles. The maximum Gasteiger partial charge on any atom is 0.232 e. The van der Waals surface area contributed by atoms with Crippen LogP contribution in [0.1, 0.15) is 50.4 Å². The van der Waals surface area contributed by atoms with E-state index in [0.29, 0.717) is 24.7 Å². The molecule has 1 fully saturated rings. The van der Waals surface area contributed by atoms with Crippen LogP contribution < -0.4 is 10.2 Å². The molecule has 1 aliphatic rings. The van der Waals surface area contributed by atoms with Crippen LogP contribution >= 0.6 is 0 Å². The van der Waals surface area contributed by atoms with E-state index in [2.05, 4.69) is 15.5 Å². The second-order valence-electron chi connectivity index (χ2n) is 7.00. The fraction of sp³-hybridized carbons (Fsp3) is 0.444. The second kappa shape index (κ2) is 6.31. The van der Waals surface area contributed by atoms with Crippen LogP contribution in [0.3, 0.4) is 0 Å². The fourth-order valence-electron chi connectivity index (χ4n) is 3.00. The van der Waals surface area contributed by atoms with E-state index in [4.69, 9.17) is 4.52 Å². The van der Waals surface area contributed by atoms with Crippen molar-refractivity contribution in [1.82, 2.24) is 15.5 Å². The van der Waals surface area contributed by atoms with Crippen LogP contribution in [0.15, 0.2) is 28.8 Å². The third-order valence-corrected chi connectivity index (χ3v) is 4.31. The Hall–Kier alpha value is -2.70. The monoisotopic (exact) mass is 342 g/mol. The number of carbonyl (C=O) groups is 2. The Labute approximate surface area is 146 Å². The first-order valence-electron chi connectivity index (χ1n) is 8.26. The number of hydrogen-bond acceptors (Lipinski definition) is 5. The van der Waals surface area contributed by atoms with E-state index in [1.807, 2.05) is 31.2 Å². The fourth-order valence-corrected chi connectivity index (χ4v) is 3.00. The van der Waals surface area contributed by atoms with E-state index in [9.17, 15) is 9.59 Å². The summed E-state index contributed by atoms with van der Waals surface area (Å²) in [6.45, 7) is 7.57. The molecule has 2 amide bonds. The van der Waals surface area contributed by atoms with Gasteiger partial charge in [0.25, 0.3) is 0 Å². The summed E-state index contributed by atoms with van der Waals surface area (Å²) in [5.74, 6) is 0.547. The van der Waals surface area contributed by atoms with Crippen molar-refractivity contribution in [2.24, 2.45) is 0 Å². The number of hydrogen-bond donors (Lipinski definition) is 1. The third-order valence-electron chi connectivity index (χ3n) is 4.31. The first-order valence-corrected chi connectivity index (χ1v) is 8.26. The standard InChI is InChI=1S/C18H22N4O3/c1-11-5-7-14(8-6-11)22-10-13(9-15(22)24)16-19-17(21-25-16)18(3,4)20-12(2)23/h5-8,13H,9-10H2,1-4H3,(H,20,23)/t13-/m0/s1. The number of rotatable bonds is 4. The highest BCUT2D eigenvalue weighted by molar-refractivity contribution is 5.96. The van der Waals surface area contributed by atoms with Crippen molar-refractivity contribution in [3.63, 3.8) is 0 Å². The Kier molecular flexibility index (Phi) is 4.32. The van der Waals surface area contributed by atoms with Crippen molar-refractivity contribution >= 4 is 17.5 Å². The van der Waals surface area contributed by atoms with Crippen LogP contribution in [0.2, 0.25) is 0 Å².